The van der Waals surface area contributed by atoms with Gasteiger partial charge in [-0.3, -0.25) is 0 Å². The first kappa shape index (κ1) is 17.3. The van der Waals surface area contributed by atoms with Crippen molar-refractivity contribution >= 4 is 0 Å². The summed E-state index contributed by atoms with van der Waals surface area (Å²) in [5.41, 5.74) is 3.42. The van der Waals surface area contributed by atoms with Crippen LogP contribution in [-0.2, 0) is 20.0 Å². The summed E-state index contributed by atoms with van der Waals surface area (Å²) in [5, 5.41) is 0. The lowest BCUT2D eigenvalue weighted by molar-refractivity contribution is 0.320. The van der Waals surface area contributed by atoms with Crippen LogP contribution in [0.5, 0.6) is 0 Å². The molecule has 1 aromatic carbocycles. The zero-order valence-electron chi connectivity index (χ0n) is 15.2. The molecular weight excluding hydrogens is 310 g/mol. The van der Waals surface area contributed by atoms with Crippen molar-refractivity contribution in [3.05, 3.63) is 66.0 Å². The molecule has 3 aromatic rings. The largest absolute Gasteiger partial charge is 0.338 e. The van der Waals surface area contributed by atoms with E-state index in [0.717, 1.165) is 48.7 Å². The van der Waals surface area contributed by atoms with E-state index in [4.69, 9.17) is 0 Å². The van der Waals surface area contributed by atoms with E-state index in [2.05, 4.69) is 50.5 Å². The second-order valence-corrected chi connectivity index (χ2v) is 6.58. The summed E-state index contributed by atoms with van der Waals surface area (Å²) < 4.78 is 2.08. The summed E-state index contributed by atoms with van der Waals surface area (Å²) in [6, 6.07) is 8.28. The molecule has 0 radical (unpaired) electrons. The minimum atomic E-state index is 0.782. The molecule has 0 saturated carbocycles. The smallest absolute Gasteiger partial charge is 0.159 e. The Labute approximate surface area is 149 Å². The fraction of sp³-hybridized carbons (Fsp3) is 0.350. The molecule has 0 N–H and O–H groups in total. The SMILES string of the molecule is Cc1cccc(-c2ncc(CN(C)CCCc3nccn3C)cn2)c1. The Morgan fingerprint density at radius 3 is 2.60 bits per heavy atom. The summed E-state index contributed by atoms with van der Waals surface area (Å²) in [4.78, 5) is 15.7. The zero-order valence-corrected chi connectivity index (χ0v) is 15.2. The molecule has 0 bridgehead atoms. The Kier molecular flexibility index (Phi) is 5.56. The summed E-state index contributed by atoms with van der Waals surface area (Å²) in [6.45, 7) is 3.96. The summed E-state index contributed by atoms with van der Waals surface area (Å²) in [5.74, 6) is 1.92. The van der Waals surface area contributed by atoms with Gasteiger partial charge in [-0.1, -0.05) is 23.8 Å². The molecule has 0 spiro atoms. The van der Waals surface area contributed by atoms with Crippen LogP contribution in [0.25, 0.3) is 11.4 Å². The lowest BCUT2D eigenvalue weighted by Crippen LogP contribution is -2.20. The molecule has 2 aromatic heterocycles. The van der Waals surface area contributed by atoms with Crippen molar-refractivity contribution in [1.29, 1.82) is 0 Å². The molecule has 0 saturated heterocycles. The second kappa shape index (κ2) is 8.03. The standard InChI is InChI=1S/C20H25N5/c1-16-6-4-7-18(12-16)20-22-13-17(14-23-20)15-24(2)10-5-8-19-21-9-11-25(19)3/h4,6-7,9,11-14H,5,8,10,15H2,1-3H3. The van der Waals surface area contributed by atoms with Crippen molar-refractivity contribution in [3.8, 4) is 11.4 Å². The number of benzene rings is 1. The molecule has 0 unspecified atom stereocenters. The van der Waals surface area contributed by atoms with E-state index in [1.807, 2.05) is 44.0 Å². The lowest BCUT2D eigenvalue weighted by atomic mass is 10.1. The zero-order chi connectivity index (χ0) is 17.6. The Morgan fingerprint density at radius 1 is 1.12 bits per heavy atom. The topological polar surface area (TPSA) is 46.8 Å². The van der Waals surface area contributed by atoms with Crippen LogP contribution in [0.1, 0.15) is 23.4 Å². The van der Waals surface area contributed by atoms with Crippen LogP contribution in [0.15, 0.2) is 49.1 Å². The van der Waals surface area contributed by atoms with E-state index >= 15 is 0 Å². The van der Waals surface area contributed by atoms with E-state index in [9.17, 15) is 0 Å². The minimum absolute atomic E-state index is 0.782. The van der Waals surface area contributed by atoms with Gasteiger partial charge in [-0.2, -0.15) is 0 Å². The highest BCUT2D eigenvalue weighted by Gasteiger charge is 2.05. The highest BCUT2D eigenvalue weighted by Crippen LogP contribution is 2.16. The number of aryl methyl sites for hydroxylation is 3. The van der Waals surface area contributed by atoms with Gasteiger partial charge in [0.05, 0.1) is 0 Å². The molecule has 0 aliphatic rings. The lowest BCUT2D eigenvalue weighted by Gasteiger charge is -2.16. The van der Waals surface area contributed by atoms with Crippen LogP contribution in [0, 0.1) is 6.92 Å². The molecule has 2 heterocycles. The molecule has 0 amide bonds. The van der Waals surface area contributed by atoms with Crippen molar-refractivity contribution in [2.45, 2.75) is 26.3 Å². The van der Waals surface area contributed by atoms with Gasteiger partial charge in [-0.05, 0) is 33.0 Å². The van der Waals surface area contributed by atoms with Crippen molar-refractivity contribution in [2.24, 2.45) is 7.05 Å². The predicted molar refractivity (Wildman–Crippen MR) is 100 cm³/mol. The quantitative estimate of drug-likeness (QED) is 0.665. The first-order valence-electron chi connectivity index (χ1n) is 8.64. The number of rotatable bonds is 7. The predicted octanol–water partition coefficient (Wildman–Crippen LogP) is 3.25. The number of nitrogens with zero attached hydrogens (tertiary/aromatic N) is 5. The van der Waals surface area contributed by atoms with Gasteiger partial charge in [0.25, 0.3) is 0 Å². The van der Waals surface area contributed by atoms with Crippen LogP contribution in [0.4, 0.5) is 0 Å². The Morgan fingerprint density at radius 2 is 1.92 bits per heavy atom. The fourth-order valence-electron chi connectivity index (χ4n) is 2.90. The van der Waals surface area contributed by atoms with Gasteiger partial charge in [-0.25, -0.2) is 15.0 Å². The third-order valence-corrected chi connectivity index (χ3v) is 4.30. The van der Waals surface area contributed by atoms with Gasteiger partial charge < -0.3 is 9.47 Å². The minimum Gasteiger partial charge on any atom is -0.338 e. The molecule has 130 valence electrons. The van der Waals surface area contributed by atoms with Crippen molar-refractivity contribution in [1.82, 2.24) is 24.4 Å². The third kappa shape index (κ3) is 4.73. The molecule has 0 fully saturated rings. The fourth-order valence-corrected chi connectivity index (χ4v) is 2.90. The maximum absolute atomic E-state index is 4.52. The van der Waals surface area contributed by atoms with E-state index in [-0.39, 0.29) is 0 Å². The van der Waals surface area contributed by atoms with Crippen LogP contribution >= 0.6 is 0 Å². The monoisotopic (exact) mass is 335 g/mol. The van der Waals surface area contributed by atoms with Gasteiger partial charge in [0.15, 0.2) is 5.82 Å². The average Bonchev–Trinajstić information content (AvgIpc) is 3.01. The maximum Gasteiger partial charge on any atom is 0.159 e. The highest BCUT2D eigenvalue weighted by atomic mass is 15.1. The summed E-state index contributed by atoms with van der Waals surface area (Å²) >= 11 is 0. The normalized spacial score (nSPS) is 11.2. The van der Waals surface area contributed by atoms with Crippen molar-refractivity contribution in [3.63, 3.8) is 0 Å². The van der Waals surface area contributed by atoms with Crippen LogP contribution in [-0.4, -0.2) is 38.0 Å². The van der Waals surface area contributed by atoms with E-state index in [0.29, 0.717) is 0 Å². The number of imidazole rings is 1. The van der Waals surface area contributed by atoms with Crippen LogP contribution < -0.4 is 0 Å². The second-order valence-electron chi connectivity index (χ2n) is 6.58. The van der Waals surface area contributed by atoms with Crippen molar-refractivity contribution < 1.29 is 0 Å². The van der Waals surface area contributed by atoms with Gasteiger partial charge in [0.1, 0.15) is 5.82 Å². The Bertz CT molecular complexity index is 807. The number of aromatic nitrogens is 4. The molecule has 0 aliphatic carbocycles. The number of hydrogen-bond acceptors (Lipinski definition) is 4. The van der Waals surface area contributed by atoms with E-state index < -0.39 is 0 Å². The van der Waals surface area contributed by atoms with E-state index in [1.165, 1.54) is 5.56 Å². The first-order chi connectivity index (χ1) is 12.1. The average molecular weight is 335 g/mol. The summed E-state index contributed by atoms with van der Waals surface area (Å²) in [6.07, 6.45) is 9.79. The Hall–Kier alpha value is -2.53. The number of hydrogen-bond donors (Lipinski definition) is 0. The molecule has 3 rings (SSSR count). The third-order valence-electron chi connectivity index (χ3n) is 4.30. The molecule has 25 heavy (non-hydrogen) atoms. The Balaban J connectivity index is 1.51. The molecule has 5 nitrogen and oxygen atoms in total. The van der Waals surface area contributed by atoms with E-state index in [1.54, 1.807) is 0 Å². The van der Waals surface area contributed by atoms with Crippen LogP contribution in [0.3, 0.4) is 0 Å². The van der Waals surface area contributed by atoms with Gasteiger partial charge in [0.2, 0.25) is 0 Å². The van der Waals surface area contributed by atoms with Crippen LogP contribution in [0.2, 0.25) is 0 Å². The maximum atomic E-state index is 4.52. The summed E-state index contributed by atoms with van der Waals surface area (Å²) in [7, 11) is 4.17. The first-order valence-corrected chi connectivity index (χ1v) is 8.64. The van der Waals surface area contributed by atoms with Gasteiger partial charge in [-0.15, -0.1) is 0 Å². The van der Waals surface area contributed by atoms with Crippen molar-refractivity contribution in [2.75, 3.05) is 13.6 Å². The van der Waals surface area contributed by atoms with Gasteiger partial charge >= 0.3 is 0 Å². The molecule has 0 aliphatic heterocycles. The molecule has 0 atom stereocenters. The molecule has 5 heteroatoms. The highest BCUT2D eigenvalue weighted by molar-refractivity contribution is 5.55. The molecular formula is C20H25N5. The van der Waals surface area contributed by atoms with Gasteiger partial charge in [0, 0.05) is 55.9 Å².